The summed E-state index contributed by atoms with van der Waals surface area (Å²) in [4.78, 5) is 25.7. The second-order valence-corrected chi connectivity index (χ2v) is 6.78. The van der Waals surface area contributed by atoms with Gasteiger partial charge in [0.2, 0.25) is 5.91 Å². The second kappa shape index (κ2) is 5.32. The van der Waals surface area contributed by atoms with Gasteiger partial charge in [0.15, 0.2) is 0 Å². The van der Waals surface area contributed by atoms with Crippen molar-refractivity contribution in [1.29, 1.82) is 0 Å². The van der Waals surface area contributed by atoms with Crippen molar-refractivity contribution in [2.24, 2.45) is 5.73 Å². The molecule has 22 heavy (non-hydrogen) atoms. The van der Waals surface area contributed by atoms with E-state index in [0.717, 1.165) is 17.5 Å². The number of amides is 3. The zero-order chi connectivity index (χ0) is 16.1. The molecule has 3 amide bonds. The first kappa shape index (κ1) is 15.4. The van der Waals surface area contributed by atoms with Crippen LogP contribution in [0.3, 0.4) is 0 Å². The Labute approximate surface area is 138 Å². The summed E-state index contributed by atoms with van der Waals surface area (Å²) in [6, 6.07) is 2.92. The Morgan fingerprint density at radius 1 is 1.32 bits per heavy atom. The van der Waals surface area contributed by atoms with E-state index in [-0.39, 0.29) is 11.9 Å². The quantitative estimate of drug-likeness (QED) is 0.867. The minimum Gasteiger partial charge on any atom is -0.352 e. The molecular formula is C15H17Cl2N3O2. The van der Waals surface area contributed by atoms with Gasteiger partial charge in [-0.15, -0.1) is 0 Å². The van der Waals surface area contributed by atoms with Gasteiger partial charge in [-0.3, -0.25) is 4.79 Å². The first-order valence-electron chi connectivity index (χ1n) is 7.20. The normalized spacial score (nSPS) is 22.0. The van der Waals surface area contributed by atoms with Crippen LogP contribution in [0.2, 0.25) is 10.0 Å². The SMILES string of the molecule is C[C@@H]1c2cc(Cl)c(Cl)cc2CCN1C(=O)C1(NC(N)=O)CC1. The number of hydrogen-bond acceptors (Lipinski definition) is 2. The van der Waals surface area contributed by atoms with Gasteiger partial charge in [-0.1, -0.05) is 23.2 Å². The highest BCUT2D eigenvalue weighted by Crippen LogP contribution is 2.41. The number of benzene rings is 1. The summed E-state index contributed by atoms with van der Waals surface area (Å²) in [5.74, 6) is -0.0736. The van der Waals surface area contributed by atoms with Crippen molar-refractivity contribution in [2.75, 3.05) is 6.54 Å². The number of urea groups is 1. The fraction of sp³-hybridized carbons (Fsp3) is 0.467. The molecule has 0 saturated heterocycles. The third kappa shape index (κ3) is 2.52. The maximum atomic E-state index is 12.8. The number of carbonyl (C=O) groups is 2. The van der Waals surface area contributed by atoms with Crippen LogP contribution < -0.4 is 11.1 Å². The molecule has 3 rings (SSSR count). The van der Waals surface area contributed by atoms with Gasteiger partial charge < -0.3 is 16.0 Å². The van der Waals surface area contributed by atoms with E-state index in [0.29, 0.717) is 29.4 Å². The lowest BCUT2D eigenvalue weighted by atomic mass is 9.92. The van der Waals surface area contributed by atoms with E-state index in [1.54, 1.807) is 4.90 Å². The van der Waals surface area contributed by atoms with Crippen molar-refractivity contribution in [3.63, 3.8) is 0 Å². The maximum absolute atomic E-state index is 12.8. The van der Waals surface area contributed by atoms with Crippen LogP contribution in [0.25, 0.3) is 0 Å². The van der Waals surface area contributed by atoms with Gasteiger partial charge in [-0.2, -0.15) is 0 Å². The molecule has 1 atom stereocenters. The summed E-state index contributed by atoms with van der Waals surface area (Å²) in [5.41, 5.74) is 6.48. The zero-order valence-corrected chi connectivity index (χ0v) is 13.7. The molecule has 1 saturated carbocycles. The summed E-state index contributed by atoms with van der Waals surface area (Å²) < 4.78 is 0. The van der Waals surface area contributed by atoms with E-state index in [4.69, 9.17) is 28.9 Å². The van der Waals surface area contributed by atoms with Crippen molar-refractivity contribution in [1.82, 2.24) is 10.2 Å². The molecule has 1 heterocycles. The molecule has 1 aromatic carbocycles. The molecule has 5 nitrogen and oxygen atoms in total. The summed E-state index contributed by atoms with van der Waals surface area (Å²) in [6.45, 7) is 2.55. The van der Waals surface area contributed by atoms with Crippen LogP contribution in [0.4, 0.5) is 4.79 Å². The van der Waals surface area contributed by atoms with Gasteiger partial charge in [0.05, 0.1) is 16.1 Å². The number of primary amides is 1. The second-order valence-electron chi connectivity index (χ2n) is 5.96. The van der Waals surface area contributed by atoms with E-state index < -0.39 is 11.6 Å². The number of hydrogen-bond donors (Lipinski definition) is 2. The molecule has 3 N–H and O–H groups in total. The lowest BCUT2D eigenvalue weighted by Gasteiger charge is -2.37. The molecule has 0 aromatic heterocycles. The molecule has 118 valence electrons. The van der Waals surface area contributed by atoms with Crippen molar-refractivity contribution >= 4 is 35.1 Å². The Hall–Kier alpha value is -1.46. The molecule has 1 fully saturated rings. The van der Waals surface area contributed by atoms with Gasteiger partial charge in [0.1, 0.15) is 5.54 Å². The zero-order valence-electron chi connectivity index (χ0n) is 12.2. The minimum absolute atomic E-state index is 0.0736. The summed E-state index contributed by atoms with van der Waals surface area (Å²) in [6.07, 6.45) is 1.98. The van der Waals surface area contributed by atoms with Gasteiger partial charge in [0.25, 0.3) is 0 Å². The molecule has 0 radical (unpaired) electrons. The minimum atomic E-state index is -0.812. The van der Waals surface area contributed by atoms with Crippen molar-refractivity contribution in [3.05, 3.63) is 33.3 Å². The number of carbonyl (C=O) groups excluding carboxylic acids is 2. The summed E-state index contributed by atoms with van der Waals surface area (Å²) in [7, 11) is 0. The molecule has 1 aromatic rings. The average molecular weight is 342 g/mol. The van der Waals surface area contributed by atoms with Crippen LogP contribution >= 0.6 is 23.2 Å². The highest BCUT2D eigenvalue weighted by molar-refractivity contribution is 6.42. The third-order valence-corrected chi connectivity index (χ3v) is 5.23. The van der Waals surface area contributed by atoms with Crippen LogP contribution in [-0.2, 0) is 11.2 Å². The van der Waals surface area contributed by atoms with E-state index in [9.17, 15) is 9.59 Å². The van der Waals surface area contributed by atoms with Crippen molar-refractivity contribution in [3.8, 4) is 0 Å². The Morgan fingerprint density at radius 3 is 2.55 bits per heavy atom. The average Bonchev–Trinajstić information content (AvgIpc) is 3.21. The Morgan fingerprint density at radius 2 is 1.95 bits per heavy atom. The maximum Gasteiger partial charge on any atom is 0.313 e. The highest BCUT2D eigenvalue weighted by Gasteiger charge is 2.53. The summed E-state index contributed by atoms with van der Waals surface area (Å²) >= 11 is 12.2. The predicted octanol–water partition coefficient (Wildman–Crippen LogP) is 2.64. The molecule has 0 unspecified atom stereocenters. The smallest absolute Gasteiger partial charge is 0.313 e. The number of nitrogens with one attached hydrogen (secondary N) is 1. The van der Waals surface area contributed by atoms with Gasteiger partial charge in [-0.05, 0) is 49.4 Å². The number of halogens is 2. The first-order chi connectivity index (χ1) is 10.3. The number of nitrogens with two attached hydrogens (primary N) is 1. The van der Waals surface area contributed by atoms with Gasteiger partial charge >= 0.3 is 6.03 Å². The van der Waals surface area contributed by atoms with Crippen LogP contribution in [0, 0.1) is 0 Å². The van der Waals surface area contributed by atoms with Crippen LogP contribution in [0.1, 0.15) is 36.9 Å². The first-order valence-corrected chi connectivity index (χ1v) is 7.96. The molecule has 0 spiro atoms. The molecule has 7 heteroatoms. The Kier molecular flexibility index (Phi) is 3.73. The van der Waals surface area contributed by atoms with E-state index in [2.05, 4.69) is 5.32 Å². The summed E-state index contributed by atoms with van der Waals surface area (Å²) in [5, 5.41) is 3.61. The van der Waals surface area contributed by atoms with E-state index in [1.165, 1.54) is 0 Å². The third-order valence-electron chi connectivity index (χ3n) is 4.50. The van der Waals surface area contributed by atoms with E-state index >= 15 is 0 Å². The standard InChI is InChI=1S/C15H17Cl2N3O2/c1-8-10-7-12(17)11(16)6-9(10)2-5-20(8)13(21)15(3-4-15)19-14(18)22/h6-8H,2-5H2,1H3,(H3,18,19,22)/t8-/m1/s1. The van der Waals surface area contributed by atoms with Gasteiger partial charge in [-0.25, -0.2) is 4.79 Å². The topological polar surface area (TPSA) is 75.4 Å². The van der Waals surface area contributed by atoms with E-state index in [1.807, 2.05) is 19.1 Å². The molecule has 1 aliphatic heterocycles. The molecule has 0 bridgehead atoms. The Bertz CT molecular complexity index is 658. The fourth-order valence-electron chi connectivity index (χ4n) is 3.12. The Balaban J connectivity index is 1.87. The fourth-order valence-corrected chi connectivity index (χ4v) is 3.48. The van der Waals surface area contributed by atoms with Crippen molar-refractivity contribution in [2.45, 2.75) is 37.8 Å². The lowest BCUT2D eigenvalue weighted by molar-refractivity contribution is -0.136. The number of nitrogens with zero attached hydrogens (tertiary/aromatic N) is 1. The molecule has 1 aliphatic carbocycles. The monoisotopic (exact) mass is 341 g/mol. The highest BCUT2D eigenvalue weighted by atomic mass is 35.5. The van der Waals surface area contributed by atoms with Crippen molar-refractivity contribution < 1.29 is 9.59 Å². The van der Waals surface area contributed by atoms with Crippen LogP contribution in [-0.4, -0.2) is 28.9 Å². The number of rotatable bonds is 2. The largest absolute Gasteiger partial charge is 0.352 e. The molecule has 2 aliphatic rings. The van der Waals surface area contributed by atoms with Crippen LogP contribution in [0.15, 0.2) is 12.1 Å². The lowest BCUT2D eigenvalue weighted by Crippen LogP contribution is -2.54. The van der Waals surface area contributed by atoms with Crippen LogP contribution in [0.5, 0.6) is 0 Å². The number of fused-ring (bicyclic) bond motifs is 1. The predicted molar refractivity (Wildman–Crippen MR) is 85.0 cm³/mol. The molecular weight excluding hydrogens is 325 g/mol. The van der Waals surface area contributed by atoms with Gasteiger partial charge in [0, 0.05) is 6.54 Å².